The summed E-state index contributed by atoms with van der Waals surface area (Å²) in [6, 6.07) is 2.19. The largest absolute Gasteiger partial charge is 0.507 e. The number of nitrogens with zero attached hydrogens (tertiary/aromatic N) is 2. The fraction of sp³-hybridized carbons (Fsp3) is 0.143. The van der Waals surface area contributed by atoms with Crippen molar-refractivity contribution >= 4 is 11.0 Å². The van der Waals surface area contributed by atoms with Gasteiger partial charge < -0.3 is 5.11 Å². The van der Waals surface area contributed by atoms with Gasteiger partial charge in [0.05, 0.1) is 0 Å². The zero-order valence-corrected chi connectivity index (χ0v) is 6.63. The standard InChI is InChI=1S/C7H4F3N3O/c8-7(9,10)5-4(14)2-1-3-6(5)12-13-11-3/h1-2,14H,(H,11,12,13). The van der Waals surface area contributed by atoms with Crippen molar-refractivity contribution in [3.8, 4) is 5.75 Å². The number of aromatic hydroxyl groups is 1. The molecule has 0 aliphatic heterocycles. The van der Waals surface area contributed by atoms with E-state index in [4.69, 9.17) is 5.11 Å². The lowest BCUT2D eigenvalue weighted by atomic mass is 10.1. The van der Waals surface area contributed by atoms with E-state index >= 15 is 0 Å². The molecule has 7 heteroatoms. The Kier molecular flexibility index (Phi) is 1.63. The number of H-pyrrole nitrogens is 1. The van der Waals surface area contributed by atoms with Crippen molar-refractivity contribution in [2.24, 2.45) is 0 Å². The first-order chi connectivity index (χ1) is 6.50. The van der Waals surface area contributed by atoms with Gasteiger partial charge in [0, 0.05) is 0 Å². The number of halogens is 3. The van der Waals surface area contributed by atoms with E-state index in [1.807, 2.05) is 0 Å². The first-order valence-corrected chi connectivity index (χ1v) is 3.60. The number of benzene rings is 1. The van der Waals surface area contributed by atoms with Crippen molar-refractivity contribution in [2.45, 2.75) is 6.18 Å². The molecule has 1 heterocycles. The molecule has 0 saturated carbocycles. The van der Waals surface area contributed by atoms with Crippen LogP contribution in [0.1, 0.15) is 5.56 Å². The summed E-state index contributed by atoms with van der Waals surface area (Å²) in [7, 11) is 0. The van der Waals surface area contributed by atoms with E-state index in [-0.39, 0.29) is 11.0 Å². The number of nitrogens with one attached hydrogen (secondary N) is 1. The van der Waals surface area contributed by atoms with Gasteiger partial charge in [0.15, 0.2) is 0 Å². The summed E-state index contributed by atoms with van der Waals surface area (Å²) in [5.74, 6) is -0.848. The number of phenols is 1. The molecule has 0 atom stereocenters. The minimum absolute atomic E-state index is 0.0649. The molecule has 0 aliphatic rings. The number of aromatic amines is 1. The Balaban J connectivity index is 2.83. The van der Waals surface area contributed by atoms with E-state index in [9.17, 15) is 13.2 Å². The summed E-state index contributed by atoms with van der Waals surface area (Å²) in [6.07, 6.45) is -4.64. The fourth-order valence-electron chi connectivity index (χ4n) is 1.18. The maximum Gasteiger partial charge on any atom is 0.422 e. The van der Waals surface area contributed by atoms with Crippen molar-refractivity contribution < 1.29 is 18.3 Å². The van der Waals surface area contributed by atoms with Crippen LogP contribution in [0.2, 0.25) is 0 Å². The van der Waals surface area contributed by atoms with Crippen molar-refractivity contribution in [1.82, 2.24) is 15.4 Å². The summed E-state index contributed by atoms with van der Waals surface area (Å²) >= 11 is 0. The molecule has 2 aromatic rings. The first kappa shape index (κ1) is 8.79. The van der Waals surface area contributed by atoms with Crippen LogP contribution in [-0.2, 0) is 6.18 Å². The number of hydrogen-bond acceptors (Lipinski definition) is 3. The highest BCUT2D eigenvalue weighted by Crippen LogP contribution is 2.39. The molecular weight excluding hydrogens is 199 g/mol. The number of hydrogen-bond donors (Lipinski definition) is 2. The molecule has 2 N–H and O–H groups in total. The first-order valence-electron chi connectivity index (χ1n) is 3.60. The second-order valence-corrected chi connectivity index (χ2v) is 2.65. The maximum atomic E-state index is 12.4. The molecule has 0 amide bonds. The summed E-state index contributed by atoms with van der Waals surface area (Å²) in [5.41, 5.74) is -1.48. The van der Waals surface area contributed by atoms with Crippen LogP contribution in [-0.4, -0.2) is 20.5 Å². The summed E-state index contributed by atoms with van der Waals surface area (Å²) in [4.78, 5) is 0. The van der Waals surface area contributed by atoms with E-state index in [1.54, 1.807) is 0 Å². The SMILES string of the molecule is Oc1ccc2n[nH]nc2c1C(F)(F)F. The second-order valence-electron chi connectivity index (χ2n) is 2.65. The molecule has 0 aliphatic carbocycles. The van der Waals surface area contributed by atoms with Gasteiger partial charge in [0.25, 0.3) is 0 Å². The van der Waals surface area contributed by atoms with Crippen LogP contribution in [0.5, 0.6) is 5.75 Å². The Bertz CT molecular complexity index is 476. The Morgan fingerprint density at radius 2 is 1.93 bits per heavy atom. The normalized spacial score (nSPS) is 12.2. The topological polar surface area (TPSA) is 61.8 Å². The molecule has 0 radical (unpaired) electrons. The highest BCUT2D eigenvalue weighted by molar-refractivity contribution is 5.80. The third-order valence-electron chi connectivity index (χ3n) is 1.75. The van der Waals surface area contributed by atoms with Crippen molar-refractivity contribution in [3.05, 3.63) is 17.7 Å². The zero-order valence-electron chi connectivity index (χ0n) is 6.63. The quantitative estimate of drug-likeness (QED) is 0.684. The minimum atomic E-state index is -4.64. The van der Waals surface area contributed by atoms with Crippen LogP contribution in [0, 0.1) is 0 Å². The van der Waals surface area contributed by atoms with Crippen LogP contribution in [0.4, 0.5) is 13.2 Å². The van der Waals surface area contributed by atoms with Gasteiger partial charge in [0.1, 0.15) is 22.3 Å². The molecule has 1 aromatic heterocycles. The van der Waals surface area contributed by atoms with Gasteiger partial charge in [-0.25, -0.2) is 0 Å². The molecule has 0 unspecified atom stereocenters. The lowest BCUT2D eigenvalue weighted by molar-refractivity contribution is -0.137. The van der Waals surface area contributed by atoms with Gasteiger partial charge in [-0.05, 0) is 12.1 Å². The predicted molar refractivity (Wildman–Crippen MR) is 40.6 cm³/mol. The Hall–Kier alpha value is -1.79. The number of aromatic nitrogens is 3. The van der Waals surface area contributed by atoms with Crippen molar-refractivity contribution in [1.29, 1.82) is 0 Å². The number of rotatable bonds is 0. The lowest BCUT2D eigenvalue weighted by Crippen LogP contribution is -2.06. The summed E-state index contributed by atoms with van der Waals surface area (Å²) in [5, 5.41) is 17.9. The minimum Gasteiger partial charge on any atom is -0.507 e. The summed E-state index contributed by atoms with van der Waals surface area (Å²) in [6.45, 7) is 0. The Labute approximate surface area is 75.4 Å². The molecule has 0 bridgehead atoms. The molecule has 4 nitrogen and oxygen atoms in total. The van der Waals surface area contributed by atoms with Gasteiger partial charge in [-0.1, -0.05) is 0 Å². The molecule has 1 aromatic carbocycles. The van der Waals surface area contributed by atoms with Crippen LogP contribution >= 0.6 is 0 Å². The maximum absolute atomic E-state index is 12.4. The molecule has 0 saturated heterocycles. The fourth-order valence-corrected chi connectivity index (χ4v) is 1.18. The van der Waals surface area contributed by atoms with Crippen LogP contribution < -0.4 is 0 Å². The van der Waals surface area contributed by atoms with Crippen molar-refractivity contribution in [2.75, 3.05) is 0 Å². The highest BCUT2D eigenvalue weighted by Gasteiger charge is 2.37. The van der Waals surface area contributed by atoms with Crippen molar-refractivity contribution in [3.63, 3.8) is 0 Å². The third-order valence-corrected chi connectivity index (χ3v) is 1.75. The molecule has 74 valence electrons. The average Bonchev–Trinajstić information content (AvgIpc) is 2.48. The van der Waals surface area contributed by atoms with Gasteiger partial charge in [-0.15, -0.1) is 0 Å². The Morgan fingerprint density at radius 3 is 2.57 bits per heavy atom. The summed E-state index contributed by atoms with van der Waals surface area (Å²) < 4.78 is 37.2. The van der Waals surface area contributed by atoms with Gasteiger partial charge in [0.2, 0.25) is 0 Å². The third kappa shape index (κ3) is 1.17. The lowest BCUT2D eigenvalue weighted by Gasteiger charge is -2.07. The second kappa shape index (κ2) is 2.60. The number of phenolic OH excluding ortho intramolecular Hbond substituents is 1. The van der Waals surface area contributed by atoms with E-state index in [1.165, 1.54) is 6.07 Å². The van der Waals surface area contributed by atoms with E-state index in [0.717, 1.165) is 6.07 Å². The van der Waals surface area contributed by atoms with Crippen LogP contribution in [0.25, 0.3) is 11.0 Å². The number of fused-ring (bicyclic) bond motifs is 1. The molecule has 0 spiro atoms. The van der Waals surface area contributed by atoms with Gasteiger partial charge in [-0.3, -0.25) is 0 Å². The van der Waals surface area contributed by atoms with E-state index in [2.05, 4.69) is 15.4 Å². The average molecular weight is 203 g/mol. The molecule has 2 rings (SSSR count). The smallest absolute Gasteiger partial charge is 0.422 e. The predicted octanol–water partition coefficient (Wildman–Crippen LogP) is 1.68. The monoisotopic (exact) mass is 203 g/mol. The Morgan fingerprint density at radius 1 is 1.21 bits per heavy atom. The van der Waals surface area contributed by atoms with Crippen LogP contribution in [0.15, 0.2) is 12.1 Å². The number of alkyl halides is 3. The zero-order chi connectivity index (χ0) is 10.3. The molecule has 0 fully saturated rings. The van der Waals surface area contributed by atoms with Crippen LogP contribution in [0.3, 0.4) is 0 Å². The molecular formula is C7H4F3N3O. The van der Waals surface area contributed by atoms with Gasteiger partial charge in [-0.2, -0.15) is 28.6 Å². The molecule has 14 heavy (non-hydrogen) atoms. The highest BCUT2D eigenvalue weighted by atomic mass is 19.4. The van der Waals surface area contributed by atoms with E-state index < -0.39 is 17.5 Å². The van der Waals surface area contributed by atoms with E-state index in [0.29, 0.717) is 0 Å². The van der Waals surface area contributed by atoms with Gasteiger partial charge >= 0.3 is 6.18 Å².